The molecule has 1 aliphatic heterocycles. The molecule has 10 heteroatoms. The highest BCUT2D eigenvalue weighted by Gasteiger charge is 2.39. The lowest BCUT2D eigenvalue weighted by atomic mass is 10.0. The summed E-state index contributed by atoms with van der Waals surface area (Å²) >= 11 is 3.53. The molecule has 2 aliphatic rings. The number of rotatable bonds is 6. The third-order valence-electron chi connectivity index (χ3n) is 6.01. The van der Waals surface area contributed by atoms with Gasteiger partial charge >= 0.3 is 11.7 Å². The van der Waals surface area contributed by atoms with Crippen molar-refractivity contribution in [1.82, 2.24) is 25.3 Å². The number of aromatic nitrogens is 3. The van der Waals surface area contributed by atoms with Crippen LogP contribution < -0.4 is 15.9 Å². The van der Waals surface area contributed by atoms with Crippen LogP contribution in [0.5, 0.6) is 0 Å². The summed E-state index contributed by atoms with van der Waals surface area (Å²) in [6, 6.07) is 13.7. The highest BCUT2D eigenvalue weighted by Crippen LogP contribution is 2.32. The zero-order valence-electron chi connectivity index (χ0n) is 19.2. The normalized spacial score (nSPS) is 17.5. The van der Waals surface area contributed by atoms with E-state index in [1.165, 1.54) is 6.20 Å². The Labute approximate surface area is 204 Å². The summed E-state index contributed by atoms with van der Waals surface area (Å²) in [5, 5.41) is 7.13. The van der Waals surface area contributed by atoms with Crippen LogP contribution in [0.3, 0.4) is 0 Å². The van der Waals surface area contributed by atoms with Crippen LogP contribution in [0.2, 0.25) is 0 Å². The Morgan fingerprint density at radius 3 is 2.74 bits per heavy atom. The summed E-state index contributed by atoms with van der Waals surface area (Å²) in [6.07, 6.45) is 7.15. The maximum absolute atomic E-state index is 13.1. The molecule has 9 nitrogen and oxygen atoms in total. The number of thiol groups is 1. The number of H-pyrrole nitrogens is 1. The van der Waals surface area contributed by atoms with E-state index in [9.17, 15) is 9.59 Å². The van der Waals surface area contributed by atoms with Crippen LogP contribution in [0, 0.1) is 0 Å². The van der Waals surface area contributed by atoms with Crippen LogP contribution in [-0.2, 0) is 6.54 Å². The number of piperidine rings is 1. The number of benzene rings is 1. The number of carbonyl (C=O) groups excluding carboxylic acids is 1. The van der Waals surface area contributed by atoms with Crippen molar-refractivity contribution in [1.29, 1.82) is 0 Å². The molecular weight excluding hydrogens is 452 g/mol. The van der Waals surface area contributed by atoms with Crippen molar-refractivity contribution in [3.63, 3.8) is 0 Å². The van der Waals surface area contributed by atoms with Crippen molar-refractivity contribution >= 4 is 24.5 Å². The van der Waals surface area contributed by atoms with Gasteiger partial charge in [0.1, 0.15) is 11.5 Å². The average molecular weight is 483 g/mol. The van der Waals surface area contributed by atoms with Crippen molar-refractivity contribution in [2.45, 2.75) is 44.3 Å². The Kier molecular flexibility index (Phi) is 7.89. The summed E-state index contributed by atoms with van der Waals surface area (Å²) < 4.78 is 5.43. The van der Waals surface area contributed by atoms with Gasteiger partial charge in [0.2, 0.25) is 0 Å². The third-order valence-corrected chi connectivity index (χ3v) is 6.01. The quantitative estimate of drug-likeness (QED) is 0.466. The second-order valence-electron chi connectivity index (χ2n) is 8.34. The molecule has 1 aromatic carbocycles. The number of anilines is 1. The predicted octanol–water partition coefficient (Wildman–Crippen LogP) is 3.31. The van der Waals surface area contributed by atoms with Crippen LogP contribution in [0.1, 0.15) is 31.4 Å². The number of nitrogens with zero attached hydrogens (tertiary/aromatic N) is 4. The standard InChI is InChI=1S/C23H26N6O3.CH4S/c30-22-24-11-10-21(26-22)28-12-4-7-18(15-28)29(17-8-9-17)23(31)25-14-19-13-20(27-32-19)16-5-2-1-3-6-16;1-2/h1-3,5-6,10-11,13,17-18H,4,7-9,12,14-15H2,(H,25,31)(H,24,26,30);2H,1H3. The van der Waals surface area contributed by atoms with Crippen LogP contribution in [0.15, 0.2) is 58.0 Å². The second-order valence-corrected chi connectivity index (χ2v) is 8.34. The molecule has 180 valence electrons. The number of hydrogen-bond donors (Lipinski definition) is 3. The summed E-state index contributed by atoms with van der Waals surface area (Å²) in [7, 11) is 0. The minimum atomic E-state index is -0.358. The largest absolute Gasteiger partial charge is 0.359 e. The Bertz CT molecular complexity index is 1130. The van der Waals surface area contributed by atoms with Crippen LogP contribution >= 0.6 is 12.6 Å². The van der Waals surface area contributed by atoms with E-state index in [0.717, 1.165) is 49.3 Å². The first kappa shape index (κ1) is 23.9. The van der Waals surface area contributed by atoms with Gasteiger partial charge in [-0.2, -0.15) is 12.6 Å². The molecule has 2 amide bonds. The molecule has 1 aliphatic carbocycles. The molecule has 0 spiro atoms. The average Bonchev–Trinajstić information content (AvgIpc) is 3.60. The summed E-state index contributed by atoms with van der Waals surface area (Å²) in [5.74, 6) is 1.37. The third kappa shape index (κ3) is 5.80. The monoisotopic (exact) mass is 482 g/mol. The van der Waals surface area contributed by atoms with E-state index in [1.807, 2.05) is 41.3 Å². The summed E-state index contributed by atoms with van der Waals surface area (Å²) in [4.78, 5) is 35.4. The lowest BCUT2D eigenvalue weighted by molar-refractivity contribution is 0.159. The number of carbonyl (C=O) groups is 1. The Morgan fingerprint density at radius 2 is 2.00 bits per heavy atom. The van der Waals surface area contributed by atoms with Gasteiger partial charge in [-0.1, -0.05) is 35.5 Å². The number of hydrogen-bond acceptors (Lipinski definition) is 7. The molecule has 0 radical (unpaired) electrons. The second kappa shape index (κ2) is 11.2. The fourth-order valence-electron chi connectivity index (χ4n) is 4.32. The molecule has 5 rings (SSSR count). The molecule has 2 N–H and O–H groups in total. The van der Waals surface area contributed by atoms with Gasteiger partial charge in [0.05, 0.1) is 12.6 Å². The number of nitrogens with one attached hydrogen (secondary N) is 2. The van der Waals surface area contributed by atoms with E-state index < -0.39 is 0 Å². The van der Waals surface area contributed by atoms with E-state index in [1.54, 1.807) is 12.3 Å². The smallest absolute Gasteiger partial charge is 0.346 e. The molecule has 1 saturated carbocycles. The summed E-state index contributed by atoms with van der Waals surface area (Å²) in [5.41, 5.74) is 1.37. The first-order valence-corrected chi connectivity index (χ1v) is 12.4. The van der Waals surface area contributed by atoms with Gasteiger partial charge in [0, 0.05) is 37.0 Å². The fraction of sp³-hybridized carbons (Fsp3) is 0.417. The molecule has 1 atom stereocenters. The molecule has 3 aromatic rings. The number of aromatic amines is 1. The van der Waals surface area contributed by atoms with E-state index in [0.29, 0.717) is 12.3 Å². The molecule has 1 saturated heterocycles. The first-order valence-electron chi connectivity index (χ1n) is 11.5. The first-order chi connectivity index (χ1) is 16.7. The minimum Gasteiger partial charge on any atom is -0.359 e. The minimum absolute atomic E-state index is 0.0831. The van der Waals surface area contributed by atoms with Crippen molar-refractivity contribution in [3.8, 4) is 11.3 Å². The van der Waals surface area contributed by atoms with Crippen LogP contribution in [0.25, 0.3) is 11.3 Å². The van der Waals surface area contributed by atoms with Gasteiger partial charge in [-0.05, 0) is 38.0 Å². The van der Waals surface area contributed by atoms with Gasteiger partial charge in [-0.25, -0.2) is 14.6 Å². The van der Waals surface area contributed by atoms with Crippen molar-refractivity contribution < 1.29 is 9.32 Å². The molecule has 34 heavy (non-hydrogen) atoms. The van der Waals surface area contributed by atoms with Crippen molar-refractivity contribution in [2.75, 3.05) is 24.2 Å². The molecule has 2 aromatic heterocycles. The van der Waals surface area contributed by atoms with Crippen molar-refractivity contribution in [2.24, 2.45) is 0 Å². The zero-order chi connectivity index (χ0) is 23.9. The summed E-state index contributed by atoms with van der Waals surface area (Å²) in [6.45, 7) is 1.82. The van der Waals surface area contributed by atoms with E-state index in [-0.39, 0.29) is 30.3 Å². The Balaban J connectivity index is 0.00000133. The molecule has 3 heterocycles. The van der Waals surface area contributed by atoms with Gasteiger partial charge in [0.25, 0.3) is 0 Å². The Hall–Kier alpha value is -3.27. The molecular formula is C24H30N6O3S. The van der Waals surface area contributed by atoms with Gasteiger partial charge in [0.15, 0.2) is 5.76 Å². The SMILES string of the molecule is CS.O=C(NCc1cc(-c2ccccc2)no1)N(C1CC1)C1CCCN(c2ccnc(=O)[nH]2)C1. The van der Waals surface area contributed by atoms with E-state index in [2.05, 4.69) is 38.0 Å². The van der Waals surface area contributed by atoms with E-state index in [4.69, 9.17) is 4.52 Å². The van der Waals surface area contributed by atoms with Crippen molar-refractivity contribution in [3.05, 3.63) is 64.9 Å². The van der Waals surface area contributed by atoms with E-state index >= 15 is 0 Å². The maximum Gasteiger partial charge on any atom is 0.346 e. The Morgan fingerprint density at radius 1 is 1.21 bits per heavy atom. The maximum atomic E-state index is 13.1. The van der Waals surface area contributed by atoms with Gasteiger partial charge in [-0.3, -0.25) is 4.98 Å². The lowest BCUT2D eigenvalue weighted by Crippen LogP contribution is -2.54. The van der Waals surface area contributed by atoms with Crippen LogP contribution in [-0.4, -0.2) is 57.5 Å². The predicted molar refractivity (Wildman–Crippen MR) is 134 cm³/mol. The van der Waals surface area contributed by atoms with Gasteiger partial charge in [-0.15, -0.1) is 0 Å². The topological polar surface area (TPSA) is 107 Å². The fourth-order valence-corrected chi connectivity index (χ4v) is 4.32. The molecule has 0 bridgehead atoms. The van der Waals surface area contributed by atoms with Crippen LogP contribution in [0.4, 0.5) is 10.6 Å². The lowest BCUT2D eigenvalue weighted by Gasteiger charge is -2.40. The zero-order valence-corrected chi connectivity index (χ0v) is 20.1. The number of amides is 2. The van der Waals surface area contributed by atoms with Gasteiger partial charge < -0.3 is 19.6 Å². The molecule has 2 fully saturated rings. The highest BCUT2D eigenvalue weighted by molar-refractivity contribution is 7.79. The number of urea groups is 1. The molecule has 1 unspecified atom stereocenters. The highest BCUT2D eigenvalue weighted by atomic mass is 32.1.